The van der Waals surface area contributed by atoms with E-state index >= 15 is 0 Å². The molecule has 4 heteroatoms. The lowest BCUT2D eigenvalue weighted by atomic mass is 9.92. The Morgan fingerprint density at radius 1 is 1.33 bits per heavy atom. The molecule has 0 aliphatic carbocycles. The first-order valence-corrected chi connectivity index (χ1v) is 7.86. The van der Waals surface area contributed by atoms with E-state index in [0.717, 1.165) is 30.5 Å². The molecule has 116 valence electrons. The van der Waals surface area contributed by atoms with Crippen LogP contribution >= 0.6 is 0 Å². The minimum Gasteiger partial charge on any atom is -0.326 e. The third kappa shape index (κ3) is 4.03. The van der Waals surface area contributed by atoms with Crippen LogP contribution in [0.3, 0.4) is 0 Å². The molecule has 1 atom stereocenters. The van der Waals surface area contributed by atoms with Crippen molar-refractivity contribution >= 4 is 11.6 Å². The fraction of sp³-hybridized carbons (Fsp3) is 0.588. The van der Waals surface area contributed by atoms with Gasteiger partial charge in [-0.25, -0.2) is 4.39 Å². The standard InChI is InChI=1S/C17H25FN2O/c1-4-7-19-16(8-11(2)3)13-9-12-5-6-17(21)20-15(12)10-14(13)18/h9-11,16,19H,4-8H2,1-3H3,(H,20,21). The highest BCUT2D eigenvalue weighted by molar-refractivity contribution is 5.93. The van der Waals surface area contributed by atoms with Crippen LogP contribution in [0.2, 0.25) is 0 Å². The van der Waals surface area contributed by atoms with Crippen molar-refractivity contribution in [2.45, 2.75) is 52.5 Å². The summed E-state index contributed by atoms with van der Waals surface area (Å²) in [6, 6.07) is 3.44. The largest absolute Gasteiger partial charge is 0.326 e. The Labute approximate surface area is 126 Å². The molecule has 0 saturated carbocycles. The van der Waals surface area contributed by atoms with Crippen molar-refractivity contribution in [1.82, 2.24) is 5.32 Å². The van der Waals surface area contributed by atoms with Crippen LogP contribution in [-0.4, -0.2) is 12.5 Å². The van der Waals surface area contributed by atoms with Gasteiger partial charge in [0.25, 0.3) is 0 Å². The first-order chi connectivity index (χ1) is 10.0. The normalized spacial score (nSPS) is 15.8. The number of hydrogen-bond donors (Lipinski definition) is 2. The van der Waals surface area contributed by atoms with Crippen LogP contribution in [0, 0.1) is 11.7 Å². The van der Waals surface area contributed by atoms with E-state index < -0.39 is 0 Å². The Balaban J connectivity index is 2.29. The van der Waals surface area contributed by atoms with Crippen molar-refractivity contribution < 1.29 is 9.18 Å². The molecule has 0 saturated heterocycles. The van der Waals surface area contributed by atoms with Crippen LogP contribution in [0.1, 0.15) is 57.2 Å². The second-order valence-corrected chi connectivity index (χ2v) is 6.22. The summed E-state index contributed by atoms with van der Waals surface area (Å²) < 4.78 is 14.4. The summed E-state index contributed by atoms with van der Waals surface area (Å²) in [5.41, 5.74) is 2.40. The van der Waals surface area contributed by atoms with Gasteiger partial charge in [0.05, 0.1) is 0 Å². The average molecular weight is 292 g/mol. The lowest BCUT2D eigenvalue weighted by Crippen LogP contribution is -2.26. The van der Waals surface area contributed by atoms with Crippen LogP contribution in [0.4, 0.5) is 10.1 Å². The van der Waals surface area contributed by atoms with E-state index in [1.807, 2.05) is 6.07 Å². The molecule has 1 unspecified atom stereocenters. The summed E-state index contributed by atoms with van der Waals surface area (Å²) in [6.45, 7) is 7.29. The smallest absolute Gasteiger partial charge is 0.224 e. The molecular formula is C17H25FN2O. The molecule has 1 amide bonds. The molecule has 1 aliphatic rings. The fourth-order valence-electron chi connectivity index (χ4n) is 2.80. The predicted octanol–water partition coefficient (Wildman–Crippen LogP) is 3.80. The fourth-order valence-corrected chi connectivity index (χ4v) is 2.80. The van der Waals surface area contributed by atoms with Gasteiger partial charge in [0.2, 0.25) is 5.91 Å². The van der Waals surface area contributed by atoms with E-state index in [1.165, 1.54) is 6.07 Å². The van der Waals surface area contributed by atoms with Crippen LogP contribution in [0.25, 0.3) is 0 Å². The summed E-state index contributed by atoms with van der Waals surface area (Å²) in [4.78, 5) is 11.4. The van der Waals surface area contributed by atoms with Gasteiger partial charge in [0.1, 0.15) is 5.82 Å². The number of carbonyl (C=O) groups excluding carboxylic acids is 1. The Morgan fingerprint density at radius 2 is 2.10 bits per heavy atom. The minimum absolute atomic E-state index is 0.0301. The highest BCUT2D eigenvalue weighted by Gasteiger charge is 2.22. The zero-order chi connectivity index (χ0) is 15.4. The Kier molecular flexibility index (Phi) is 5.34. The molecule has 1 heterocycles. The van der Waals surface area contributed by atoms with Crippen molar-refractivity contribution in [2.75, 3.05) is 11.9 Å². The van der Waals surface area contributed by atoms with Crippen LogP contribution in [-0.2, 0) is 11.2 Å². The Hall–Kier alpha value is -1.42. The van der Waals surface area contributed by atoms with Gasteiger partial charge < -0.3 is 10.6 Å². The second kappa shape index (κ2) is 7.03. The highest BCUT2D eigenvalue weighted by atomic mass is 19.1. The van der Waals surface area contributed by atoms with Gasteiger partial charge >= 0.3 is 0 Å². The number of carbonyl (C=O) groups is 1. The number of aryl methyl sites for hydroxylation is 1. The van der Waals surface area contributed by atoms with Gasteiger partial charge in [-0.2, -0.15) is 0 Å². The number of benzene rings is 1. The topological polar surface area (TPSA) is 41.1 Å². The Morgan fingerprint density at radius 3 is 2.76 bits per heavy atom. The third-order valence-corrected chi connectivity index (χ3v) is 3.84. The van der Waals surface area contributed by atoms with Gasteiger partial charge in [0, 0.05) is 23.7 Å². The summed E-state index contributed by atoms with van der Waals surface area (Å²) in [6.07, 6.45) is 3.10. The molecule has 21 heavy (non-hydrogen) atoms. The molecule has 0 radical (unpaired) electrons. The number of fused-ring (bicyclic) bond motifs is 1. The number of anilines is 1. The van der Waals surface area contributed by atoms with E-state index in [9.17, 15) is 9.18 Å². The van der Waals surface area contributed by atoms with Crippen LogP contribution in [0.5, 0.6) is 0 Å². The molecule has 2 N–H and O–H groups in total. The SMILES string of the molecule is CCCNC(CC(C)C)c1cc2c(cc1F)NC(=O)CC2. The molecule has 0 spiro atoms. The lowest BCUT2D eigenvalue weighted by Gasteiger charge is -2.24. The third-order valence-electron chi connectivity index (χ3n) is 3.84. The van der Waals surface area contributed by atoms with Crippen molar-refractivity contribution in [3.63, 3.8) is 0 Å². The maximum absolute atomic E-state index is 14.4. The van der Waals surface area contributed by atoms with Crippen LogP contribution < -0.4 is 10.6 Å². The molecule has 1 aliphatic heterocycles. The highest BCUT2D eigenvalue weighted by Crippen LogP contribution is 2.31. The molecule has 0 bridgehead atoms. The van der Waals surface area contributed by atoms with E-state index in [4.69, 9.17) is 0 Å². The summed E-state index contributed by atoms with van der Waals surface area (Å²) in [5, 5.41) is 6.20. The first kappa shape index (κ1) is 16.0. The molecule has 2 rings (SSSR count). The van der Waals surface area contributed by atoms with Crippen molar-refractivity contribution in [3.8, 4) is 0 Å². The van der Waals surface area contributed by atoms with E-state index in [0.29, 0.717) is 24.4 Å². The van der Waals surface area contributed by atoms with Gasteiger partial charge in [0.15, 0.2) is 0 Å². The van der Waals surface area contributed by atoms with Gasteiger partial charge in [-0.1, -0.05) is 20.8 Å². The number of hydrogen-bond acceptors (Lipinski definition) is 2. The Bertz CT molecular complexity index is 514. The summed E-state index contributed by atoms with van der Waals surface area (Å²) in [7, 11) is 0. The molecule has 1 aromatic rings. The van der Waals surface area contributed by atoms with E-state index in [-0.39, 0.29) is 17.8 Å². The molecule has 1 aromatic carbocycles. The molecular weight excluding hydrogens is 267 g/mol. The number of amides is 1. The zero-order valence-corrected chi connectivity index (χ0v) is 13.1. The monoisotopic (exact) mass is 292 g/mol. The van der Waals surface area contributed by atoms with Crippen molar-refractivity contribution in [2.24, 2.45) is 5.92 Å². The summed E-state index contributed by atoms with van der Waals surface area (Å²) in [5.74, 6) is 0.234. The minimum atomic E-state index is -0.231. The number of nitrogens with one attached hydrogen (secondary N) is 2. The maximum Gasteiger partial charge on any atom is 0.224 e. The molecule has 0 fully saturated rings. The van der Waals surface area contributed by atoms with Gasteiger partial charge in [-0.3, -0.25) is 4.79 Å². The van der Waals surface area contributed by atoms with Gasteiger partial charge in [-0.15, -0.1) is 0 Å². The zero-order valence-electron chi connectivity index (χ0n) is 13.1. The van der Waals surface area contributed by atoms with Gasteiger partial charge in [-0.05, 0) is 49.4 Å². The first-order valence-electron chi connectivity index (χ1n) is 7.86. The average Bonchev–Trinajstić information content (AvgIpc) is 2.42. The summed E-state index contributed by atoms with van der Waals surface area (Å²) >= 11 is 0. The van der Waals surface area contributed by atoms with Crippen molar-refractivity contribution in [3.05, 3.63) is 29.1 Å². The quantitative estimate of drug-likeness (QED) is 0.837. The number of halogens is 1. The van der Waals surface area contributed by atoms with Crippen molar-refractivity contribution in [1.29, 1.82) is 0 Å². The number of rotatable bonds is 6. The molecule has 3 nitrogen and oxygen atoms in total. The maximum atomic E-state index is 14.4. The van der Waals surface area contributed by atoms with E-state index in [1.54, 1.807) is 0 Å². The second-order valence-electron chi connectivity index (χ2n) is 6.22. The predicted molar refractivity (Wildman–Crippen MR) is 83.8 cm³/mol. The van der Waals surface area contributed by atoms with E-state index in [2.05, 4.69) is 31.4 Å². The van der Waals surface area contributed by atoms with Crippen LogP contribution in [0.15, 0.2) is 12.1 Å². The lowest BCUT2D eigenvalue weighted by molar-refractivity contribution is -0.116. The molecule has 0 aromatic heterocycles.